The summed E-state index contributed by atoms with van der Waals surface area (Å²) in [5, 5.41) is 8.06. The fraction of sp³-hybridized carbons (Fsp3) is 0.214. The summed E-state index contributed by atoms with van der Waals surface area (Å²) < 4.78 is 7.36. The zero-order chi connectivity index (χ0) is 22.7. The van der Waals surface area contributed by atoms with Crippen LogP contribution in [0.2, 0.25) is 0 Å². The zero-order valence-electron chi connectivity index (χ0n) is 18.7. The van der Waals surface area contributed by atoms with Crippen LogP contribution in [0.1, 0.15) is 33.6 Å². The number of rotatable bonds is 6. The van der Waals surface area contributed by atoms with Gasteiger partial charge in [-0.15, -0.1) is 0 Å². The zero-order valence-corrected chi connectivity index (χ0v) is 18.7. The molecule has 0 bridgehead atoms. The van der Waals surface area contributed by atoms with Crippen LogP contribution in [0.25, 0.3) is 5.69 Å². The van der Waals surface area contributed by atoms with Crippen LogP contribution in [0.15, 0.2) is 91.1 Å². The fourth-order valence-electron chi connectivity index (χ4n) is 4.80. The molecule has 1 heterocycles. The van der Waals surface area contributed by atoms with Crippen LogP contribution in [-0.4, -0.2) is 29.3 Å². The maximum atomic E-state index is 13.1. The molecule has 0 spiro atoms. The first kappa shape index (κ1) is 21.0. The Morgan fingerprint density at radius 3 is 2.45 bits per heavy atom. The van der Waals surface area contributed by atoms with Gasteiger partial charge in [0, 0.05) is 18.2 Å². The van der Waals surface area contributed by atoms with Crippen LogP contribution in [0, 0.1) is 0 Å². The van der Waals surface area contributed by atoms with Gasteiger partial charge in [-0.25, -0.2) is 4.68 Å². The number of methoxy groups -OCH3 is 1. The highest BCUT2D eigenvalue weighted by Crippen LogP contribution is 2.38. The van der Waals surface area contributed by atoms with Gasteiger partial charge >= 0.3 is 0 Å². The molecule has 1 aliphatic carbocycles. The van der Waals surface area contributed by atoms with Gasteiger partial charge in [-0.3, -0.25) is 4.79 Å². The minimum Gasteiger partial charge on any atom is -0.496 e. The number of fused-ring (bicyclic) bond motifs is 1. The van der Waals surface area contributed by atoms with E-state index in [9.17, 15) is 4.79 Å². The number of carbonyl (C=O) groups is 1. The Hall–Kier alpha value is -3.86. The highest BCUT2D eigenvalue weighted by Gasteiger charge is 2.38. The van der Waals surface area contributed by atoms with Gasteiger partial charge < -0.3 is 10.1 Å². The summed E-state index contributed by atoms with van der Waals surface area (Å²) in [6.45, 7) is 0.545. The predicted octanol–water partition coefficient (Wildman–Crippen LogP) is 4.74. The molecule has 33 heavy (non-hydrogen) atoms. The van der Waals surface area contributed by atoms with Gasteiger partial charge in [-0.2, -0.15) is 5.10 Å². The van der Waals surface area contributed by atoms with Crippen LogP contribution in [0.3, 0.4) is 0 Å². The fourth-order valence-corrected chi connectivity index (χ4v) is 4.80. The maximum Gasteiger partial charge on any atom is 0.255 e. The smallest absolute Gasteiger partial charge is 0.255 e. The third-order valence-corrected chi connectivity index (χ3v) is 6.59. The Bertz CT molecular complexity index is 1250. The molecule has 1 unspecified atom stereocenters. The summed E-state index contributed by atoms with van der Waals surface area (Å²) in [4.78, 5) is 13.1. The van der Waals surface area contributed by atoms with E-state index < -0.39 is 0 Å². The van der Waals surface area contributed by atoms with E-state index in [1.165, 1.54) is 11.1 Å². The number of para-hydroxylation sites is 2. The van der Waals surface area contributed by atoms with Gasteiger partial charge in [0.1, 0.15) is 5.75 Å². The molecule has 1 aliphatic rings. The van der Waals surface area contributed by atoms with E-state index in [1.807, 2.05) is 47.1 Å². The largest absolute Gasteiger partial charge is 0.496 e. The highest BCUT2D eigenvalue weighted by atomic mass is 16.5. The molecule has 3 aromatic carbocycles. The molecule has 5 rings (SSSR count). The Balaban J connectivity index is 1.44. The number of aromatic nitrogens is 2. The lowest BCUT2D eigenvalue weighted by molar-refractivity contribution is 0.0937. The molecule has 0 aliphatic heterocycles. The summed E-state index contributed by atoms with van der Waals surface area (Å²) in [7, 11) is 1.59. The van der Waals surface area contributed by atoms with Crippen molar-refractivity contribution in [2.45, 2.75) is 24.7 Å². The van der Waals surface area contributed by atoms with Crippen LogP contribution >= 0.6 is 0 Å². The van der Waals surface area contributed by atoms with Crippen molar-refractivity contribution >= 4 is 5.91 Å². The monoisotopic (exact) mass is 437 g/mol. The second-order valence-electron chi connectivity index (χ2n) is 8.59. The number of benzene rings is 3. The van der Waals surface area contributed by atoms with E-state index >= 15 is 0 Å². The molecule has 5 heteroatoms. The van der Waals surface area contributed by atoms with Crippen molar-refractivity contribution in [2.24, 2.45) is 0 Å². The average Bonchev–Trinajstić information content (AvgIpc) is 3.31. The summed E-state index contributed by atoms with van der Waals surface area (Å²) in [6, 6.07) is 28.0. The number of carbonyl (C=O) groups excluding carboxylic acids is 1. The lowest BCUT2D eigenvalue weighted by atomic mass is 9.69. The van der Waals surface area contributed by atoms with Gasteiger partial charge in [0.25, 0.3) is 5.91 Å². The van der Waals surface area contributed by atoms with E-state index in [0.29, 0.717) is 17.9 Å². The van der Waals surface area contributed by atoms with Gasteiger partial charge in [0.2, 0.25) is 0 Å². The van der Waals surface area contributed by atoms with Crippen molar-refractivity contribution in [1.82, 2.24) is 15.1 Å². The molecule has 166 valence electrons. The standard InChI is InChI=1S/C28H27N3O2/c1-33-26-15-9-8-14-24(26)27(32)29-20-28(22-10-4-2-5-11-22)17-16-25-21(18-28)19-31(30-25)23-12-6-3-7-13-23/h2-15,19H,16-18,20H2,1H3,(H,29,32). The third-order valence-electron chi connectivity index (χ3n) is 6.59. The topological polar surface area (TPSA) is 56.1 Å². The Morgan fingerprint density at radius 1 is 1.00 bits per heavy atom. The second-order valence-corrected chi connectivity index (χ2v) is 8.59. The minimum atomic E-state index is -0.198. The second kappa shape index (κ2) is 8.94. The van der Waals surface area contributed by atoms with E-state index in [1.54, 1.807) is 13.2 Å². The lowest BCUT2D eigenvalue weighted by Crippen LogP contribution is -2.44. The molecule has 4 aromatic rings. The van der Waals surface area contributed by atoms with E-state index in [0.717, 1.165) is 30.6 Å². The van der Waals surface area contributed by atoms with Gasteiger partial charge in [-0.05, 0) is 54.7 Å². The highest BCUT2D eigenvalue weighted by molar-refractivity contribution is 5.97. The summed E-state index contributed by atoms with van der Waals surface area (Å²) >= 11 is 0. The molecule has 0 fully saturated rings. The molecule has 0 radical (unpaired) electrons. The summed E-state index contributed by atoms with van der Waals surface area (Å²) in [6.07, 6.45) is 4.76. The van der Waals surface area contributed by atoms with Crippen LogP contribution in [-0.2, 0) is 18.3 Å². The molecular weight excluding hydrogens is 410 g/mol. The third kappa shape index (κ3) is 4.14. The lowest BCUT2D eigenvalue weighted by Gasteiger charge is -2.37. The van der Waals surface area contributed by atoms with Crippen molar-refractivity contribution in [3.63, 3.8) is 0 Å². The van der Waals surface area contributed by atoms with Crippen molar-refractivity contribution in [1.29, 1.82) is 0 Å². The molecule has 1 N–H and O–H groups in total. The number of hydrogen-bond acceptors (Lipinski definition) is 3. The van der Waals surface area contributed by atoms with Gasteiger partial charge in [0.05, 0.1) is 24.1 Å². The Labute approximate surface area is 194 Å². The van der Waals surface area contributed by atoms with Crippen LogP contribution < -0.4 is 10.1 Å². The number of aryl methyl sites for hydroxylation is 1. The Kier molecular flexibility index (Phi) is 5.69. The Morgan fingerprint density at radius 2 is 1.70 bits per heavy atom. The number of hydrogen-bond donors (Lipinski definition) is 1. The average molecular weight is 438 g/mol. The number of ether oxygens (including phenoxy) is 1. The maximum absolute atomic E-state index is 13.1. The van der Waals surface area contributed by atoms with Crippen molar-refractivity contribution in [3.8, 4) is 11.4 Å². The van der Waals surface area contributed by atoms with Gasteiger partial charge in [0.15, 0.2) is 0 Å². The quantitative estimate of drug-likeness (QED) is 0.474. The molecular formula is C28H27N3O2. The molecule has 0 saturated heterocycles. The number of nitrogens with zero attached hydrogens (tertiary/aromatic N) is 2. The predicted molar refractivity (Wildman–Crippen MR) is 129 cm³/mol. The first-order valence-corrected chi connectivity index (χ1v) is 11.3. The molecule has 1 atom stereocenters. The van der Waals surface area contributed by atoms with Crippen LogP contribution in [0.4, 0.5) is 0 Å². The molecule has 1 amide bonds. The minimum absolute atomic E-state index is 0.117. The number of amides is 1. The van der Waals surface area contributed by atoms with E-state index in [4.69, 9.17) is 9.84 Å². The van der Waals surface area contributed by atoms with Crippen LogP contribution in [0.5, 0.6) is 5.75 Å². The molecule has 1 aromatic heterocycles. The normalized spacial score (nSPS) is 17.2. The summed E-state index contributed by atoms with van der Waals surface area (Å²) in [5.74, 6) is 0.465. The van der Waals surface area contributed by atoms with Crippen molar-refractivity contribution in [3.05, 3.63) is 114 Å². The summed E-state index contributed by atoms with van der Waals surface area (Å²) in [5.41, 5.74) is 5.03. The van der Waals surface area contributed by atoms with E-state index in [2.05, 4.69) is 47.9 Å². The first-order chi connectivity index (χ1) is 16.2. The first-order valence-electron chi connectivity index (χ1n) is 11.3. The van der Waals surface area contributed by atoms with Crippen molar-refractivity contribution in [2.75, 3.05) is 13.7 Å². The molecule has 5 nitrogen and oxygen atoms in total. The SMILES string of the molecule is COc1ccccc1C(=O)NCC1(c2ccccc2)CCc2nn(-c3ccccc3)cc2C1. The van der Waals surface area contributed by atoms with Crippen molar-refractivity contribution < 1.29 is 9.53 Å². The van der Waals surface area contributed by atoms with E-state index in [-0.39, 0.29) is 11.3 Å². The number of nitrogens with one attached hydrogen (secondary N) is 1. The molecule has 0 saturated carbocycles. The van der Waals surface area contributed by atoms with Gasteiger partial charge in [-0.1, -0.05) is 60.7 Å².